The lowest BCUT2D eigenvalue weighted by atomic mass is 10.1. The Bertz CT molecular complexity index is 409. The van der Waals surface area contributed by atoms with Crippen molar-refractivity contribution in [3.05, 3.63) is 0 Å². The summed E-state index contributed by atoms with van der Waals surface area (Å²) in [6, 6.07) is 0.298. The summed E-state index contributed by atoms with van der Waals surface area (Å²) >= 11 is 0. The third-order valence-electron chi connectivity index (χ3n) is 3.19. The van der Waals surface area contributed by atoms with Gasteiger partial charge in [-0.1, -0.05) is 13.8 Å². The Morgan fingerprint density at radius 2 is 2.05 bits per heavy atom. The maximum absolute atomic E-state index is 5.41. The molecule has 0 saturated heterocycles. The number of hydrazine groups is 1. The van der Waals surface area contributed by atoms with Gasteiger partial charge < -0.3 is 10.1 Å². The van der Waals surface area contributed by atoms with Gasteiger partial charge in [0.25, 0.3) is 0 Å². The molecule has 106 valence electrons. The monoisotopic (exact) mass is 266 g/mol. The first-order valence-corrected chi connectivity index (χ1v) is 6.82. The minimum Gasteiger partial charge on any atom is -0.463 e. The summed E-state index contributed by atoms with van der Waals surface area (Å²) in [5, 5.41) is 3.22. The van der Waals surface area contributed by atoms with Crippen molar-refractivity contribution in [1.82, 2.24) is 15.0 Å². The van der Waals surface area contributed by atoms with Gasteiger partial charge in [0.15, 0.2) is 0 Å². The number of nitrogens with two attached hydrogens (primary N) is 1. The van der Waals surface area contributed by atoms with Crippen LogP contribution in [0, 0.1) is 11.8 Å². The van der Waals surface area contributed by atoms with Crippen molar-refractivity contribution in [3.63, 3.8) is 0 Å². The van der Waals surface area contributed by atoms with Crippen molar-refractivity contribution in [2.24, 2.45) is 17.7 Å². The van der Waals surface area contributed by atoms with Gasteiger partial charge in [-0.25, -0.2) is 5.84 Å². The molecule has 1 saturated carbocycles. The van der Waals surface area contributed by atoms with Crippen LogP contribution in [-0.4, -0.2) is 28.1 Å². The first kappa shape index (κ1) is 13.8. The Hall–Kier alpha value is -1.63. The number of anilines is 2. The van der Waals surface area contributed by atoms with E-state index in [1.54, 1.807) is 0 Å². The first-order chi connectivity index (χ1) is 9.22. The van der Waals surface area contributed by atoms with E-state index < -0.39 is 0 Å². The van der Waals surface area contributed by atoms with E-state index in [0.29, 0.717) is 30.4 Å². The first-order valence-electron chi connectivity index (χ1n) is 6.82. The highest BCUT2D eigenvalue weighted by Gasteiger charge is 2.27. The van der Waals surface area contributed by atoms with Gasteiger partial charge in [-0.05, 0) is 31.1 Å². The molecule has 1 aliphatic carbocycles. The number of nitrogens with one attached hydrogen (secondary N) is 2. The van der Waals surface area contributed by atoms with Crippen molar-refractivity contribution < 1.29 is 4.74 Å². The molecule has 1 aromatic rings. The van der Waals surface area contributed by atoms with E-state index in [1.807, 2.05) is 6.92 Å². The van der Waals surface area contributed by atoms with E-state index >= 15 is 0 Å². The fraction of sp³-hybridized carbons (Fsp3) is 0.750. The van der Waals surface area contributed by atoms with E-state index in [1.165, 1.54) is 12.8 Å². The number of rotatable bonds is 8. The molecule has 1 atom stereocenters. The van der Waals surface area contributed by atoms with Gasteiger partial charge in [-0.2, -0.15) is 15.0 Å². The second-order valence-corrected chi connectivity index (χ2v) is 4.95. The molecule has 7 nitrogen and oxygen atoms in total. The Balaban J connectivity index is 1.96. The van der Waals surface area contributed by atoms with Gasteiger partial charge in [-0.15, -0.1) is 0 Å². The fourth-order valence-corrected chi connectivity index (χ4v) is 1.84. The minimum absolute atomic E-state index is 0.298. The van der Waals surface area contributed by atoms with Crippen LogP contribution < -0.4 is 21.3 Å². The zero-order chi connectivity index (χ0) is 13.7. The Morgan fingerprint density at radius 3 is 2.68 bits per heavy atom. The molecule has 4 N–H and O–H groups in total. The molecule has 1 aliphatic rings. The predicted octanol–water partition coefficient (Wildman–Crippen LogP) is 1.40. The van der Waals surface area contributed by atoms with Crippen LogP contribution in [0.1, 0.15) is 33.1 Å². The van der Waals surface area contributed by atoms with E-state index in [9.17, 15) is 0 Å². The third kappa shape index (κ3) is 4.20. The van der Waals surface area contributed by atoms with Crippen LogP contribution in [0.2, 0.25) is 0 Å². The van der Waals surface area contributed by atoms with Crippen molar-refractivity contribution in [2.45, 2.75) is 33.1 Å². The van der Waals surface area contributed by atoms with Crippen LogP contribution in [0.25, 0.3) is 0 Å². The van der Waals surface area contributed by atoms with Gasteiger partial charge in [0, 0.05) is 6.54 Å². The number of nitrogen functional groups attached to an aromatic ring is 1. The van der Waals surface area contributed by atoms with Crippen LogP contribution in [0.4, 0.5) is 11.9 Å². The third-order valence-corrected chi connectivity index (χ3v) is 3.19. The Labute approximate surface area is 113 Å². The van der Waals surface area contributed by atoms with Crippen LogP contribution in [0.15, 0.2) is 0 Å². The summed E-state index contributed by atoms with van der Waals surface area (Å²) in [6.07, 6.45) is 3.57. The maximum atomic E-state index is 5.41. The zero-order valence-electron chi connectivity index (χ0n) is 11.5. The highest BCUT2D eigenvalue weighted by atomic mass is 16.5. The SMILES string of the molecule is CCCOc1nc(NN)nc(NCC(C)C2CC2)n1. The summed E-state index contributed by atoms with van der Waals surface area (Å²) in [5.41, 5.74) is 2.42. The van der Waals surface area contributed by atoms with E-state index in [4.69, 9.17) is 10.6 Å². The molecule has 0 bridgehead atoms. The highest BCUT2D eigenvalue weighted by molar-refractivity contribution is 5.34. The second kappa shape index (κ2) is 6.51. The normalized spacial score (nSPS) is 15.9. The van der Waals surface area contributed by atoms with E-state index in [-0.39, 0.29) is 0 Å². The number of nitrogens with zero attached hydrogens (tertiary/aromatic N) is 3. The van der Waals surface area contributed by atoms with Crippen LogP contribution in [0.5, 0.6) is 6.01 Å². The van der Waals surface area contributed by atoms with Crippen molar-refractivity contribution >= 4 is 11.9 Å². The molecule has 7 heteroatoms. The number of aromatic nitrogens is 3. The second-order valence-electron chi connectivity index (χ2n) is 4.95. The van der Waals surface area contributed by atoms with Gasteiger partial charge in [0.05, 0.1) is 6.61 Å². The minimum atomic E-state index is 0.298. The van der Waals surface area contributed by atoms with E-state index in [2.05, 4.69) is 32.6 Å². The topological polar surface area (TPSA) is 98.0 Å². The lowest BCUT2D eigenvalue weighted by Crippen LogP contribution is -2.18. The molecule has 2 rings (SSSR count). The molecule has 0 aromatic carbocycles. The van der Waals surface area contributed by atoms with Gasteiger partial charge in [0.2, 0.25) is 11.9 Å². The van der Waals surface area contributed by atoms with E-state index in [0.717, 1.165) is 18.9 Å². The molecular weight excluding hydrogens is 244 g/mol. The van der Waals surface area contributed by atoms with Crippen LogP contribution in [-0.2, 0) is 0 Å². The number of hydrogen-bond donors (Lipinski definition) is 3. The highest BCUT2D eigenvalue weighted by Crippen LogP contribution is 2.36. The van der Waals surface area contributed by atoms with Crippen molar-refractivity contribution in [1.29, 1.82) is 0 Å². The lowest BCUT2D eigenvalue weighted by Gasteiger charge is -2.12. The average Bonchev–Trinajstić information content (AvgIpc) is 3.26. The Kier molecular flexibility index (Phi) is 4.73. The molecule has 1 unspecified atom stereocenters. The van der Waals surface area contributed by atoms with Crippen molar-refractivity contribution in [3.8, 4) is 6.01 Å². The smallest absolute Gasteiger partial charge is 0.323 e. The zero-order valence-corrected chi connectivity index (χ0v) is 11.5. The van der Waals surface area contributed by atoms with Crippen LogP contribution >= 0.6 is 0 Å². The summed E-state index contributed by atoms with van der Waals surface area (Å²) in [5.74, 6) is 7.63. The summed E-state index contributed by atoms with van der Waals surface area (Å²) < 4.78 is 5.41. The molecule has 1 fully saturated rings. The van der Waals surface area contributed by atoms with Gasteiger partial charge in [-0.3, -0.25) is 5.43 Å². The molecule has 0 spiro atoms. The summed E-state index contributed by atoms with van der Waals surface area (Å²) in [4.78, 5) is 12.4. The Morgan fingerprint density at radius 1 is 1.32 bits per heavy atom. The maximum Gasteiger partial charge on any atom is 0.323 e. The molecule has 1 heterocycles. The fourth-order valence-electron chi connectivity index (χ4n) is 1.84. The summed E-state index contributed by atoms with van der Waals surface area (Å²) in [7, 11) is 0. The quantitative estimate of drug-likeness (QED) is 0.483. The molecule has 0 aliphatic heterocycles. The van der Waals surface area contributed by atoms with Crippen molar-refractivity contribution in [2.75, 3.05) is 23.9 Å². The molecular formula is C12H22N6O. The average molecular weight is 266 g/mol. The molecule has 0 amide bonds. The van der Waals surface area contributed by atoms with Crippen LogP contribution in [0.3, 0.4) is 0 Å². The predicted molar refractivity (Wildman–Crippen MR) is 73.8 cm³/mol. The largest absolute Gasteiger partial charge is 0.463 e. The molecule has 0 radical (unpaired) electrons. The lowest BCUT2D eigenvalue weighted by molar-refractivity contribution is 0.292. The summed E-state index contributed by atoms with van der Waals surface area (Å²) in [6.45, 7) is 5.69. The molecule has 1 aromatic heterocycles. The number of hydrogen-bond acceptors (Lipinski definition) is 7. The molecule has 19 heavy (non-hydrogen) atoms. The standard InChI is InChI=1S/C12H22N6O/c1-3-6-19-12-16-10(15-11(17-12)18-13)14-7-8(2)9-4-5-9/h8-9H,3-7,13H2,1-2H3,(H2,14,15,16,17,18). The van der Waals surface area contributed by atoms with Gasteiger partial charge >= 0.3 is 6.01 Å². The van der Waals surface area contributed by atoms with Gasteiger partial charge in [0.1, 0.15) is 0 Å². The number of ether oxygens (including phenoxy) is 1.